The zero-order valence-electron chi connectivity index (χ0n) is 14.2. The van der Waals surface area contributed by atoms with Crippen LogP contribution in [0.15, 0.2) is 18.2 Å². The van der Waals surface area contributed by atoms with Gasteiger partial charge in [0.2, 0.25) is 11.8 Å². The van der Waals surface area contributed by atoms with Crippen LogP contribution in [0.3, 0.4) is 0 Å². The van der Waals surface area contributed by atoms with E-state index >= 15 is 0 Å². The summed E-state index contributed by atoms with van der Waals surface area (Å²) in [6.45, 7) is 4.51. The number of rotatable bonds is 6. The first-order chi connectivity index (χ1) is 11.0. The highest BCUT2D eigenvalue weighted by Crippen LogP contribution is 2.40. The summed E-state index contributed by atoms with van der Waals surface area (Å²) in [4.78, 5) is 10.6. The Labute approximate surface area is 136 Å². The van der Waals surface area contributed by atoms with Crippen LogP contribution in [-0.2, 0) is 0 Å². The van der Waals surface area contributed by atoms with Gasteiger partial charge in [0.05, 0.1) is 17.1 Å². The standard InChI is InChI=1S/C16H24N6O/c1-6-22(16-20-10(2)7-14(23)21-16)15-12(18-4)8-11(17-3)9-13(15)19-5/h7-9,17-19H,6H2,1-5H3,(H,20,21,23). The van der Waals surface area contributed by atoms with Gasteiger partial charge in [-0.1, -0.05) is 0 Å². The van der Waals surface area contributed by atoms with E-state index in [0.29, 0.717) is 12.5 Å². The van der Waals surface area contributed by atoms with Crippen LogP contribution in [0.25, 0.3) is 0 Å². The number of benzene rings is 1. The first-order valence-electron chi connectivity index (χ1n) is 7.57. The molecule has 0 aliphatic carbocycles. The molecule has 0 aliphatic rings. The molecule has 0 saturated carbocycles. The molecule has 0 bridgehead atoms. The minimum Gasteiger partial charge on any atom is -0.493 e. The van der Waals surface area contributed by atoms with Crippen molar-refractivity contribution in [2.45, 2.75) is 13.8 Å². The topological polar surface area (TPSA) is 85.3 Å². The van der Waals surface area contributed by atoms with Crippen molar-refractivity contribution >= 4 is 28.7 Å². The quantitative estimate of drug-likeness (QED) is 0.652. The van der Waals surface area contributed by atoms with E-state index in [1.165, 1.54) is 0 Å². The van der Waals surface area contributed by atoms with E-state index in [2.05, 4.69) is 25.9 Å². The van der Waals surface area contributed by atoms with Gasteiger partial charge in [-0.3, -0.25) is 0 Å². The number of aromatic nitrogens is 2. The molecule has 0 saturated heterocycles. The SMILES string of the molecule is CCN(c1nc(C)cc(O)n1)c1c(NC)cc(NC)cc1NC. The Morgan fingerprint density at radius 3 is 2.04 bits per heavy atom. The maximum Gasteiger partial charge on any atom is 0.233 e. The van der Waals surface area contributed by atoms with Crippen molar-refractivity contribution in [2.75, 3.05) is 48.5 Å². The van der Waals surface area contributed by atoms with Crippen LogP contribution in [0.2, 0.25) is 0 Å². The Bertz CT molecular complexity index is 643. The van der Waals surface area contributed by atoms with Crippen LogP contribution in [-0.4, -0.2) is 42.8 Å². The molecule has 7 nitrogen and oxygen atoms in total. The van der Waals surface area contributed by atoms with E-state index in [-0.39, 0.29) is 5.88 Å². The average Bonchev–Trinajstić information content (AvgIpc) is 2.54. The van der Waals surface area contributed by atoms with Crippen molar-refractivity contribution in [1.82, 2.24) is 9.97 Å². The van der Waals surface area contributed by atoms with Gasteiger partial charge in [0.15, 0.2) is 0 Å². The molecule has 0 atom stereocenters. The zero-order chi connectivity index (χ0) is 17.0. The summed E-state index contributed by atoms with van der Waals surface area (Å²) in [5.74, 6) is 0.435. The van der Waals surface area contributed by atoms with Crippen LogP contribution in [0, 0.1) is 6.92 Å². The summed E-state index contributed by atoms with van der Waals surface area (Å²) >= 11 is 0. The van der Waals surface area contributed by atoms with Gasteiger partial charge in [0, 0.05) is 45.1 Å². The van der Waals surface area contributed by atoms with E-state index in [9.17, 15) is 5.11 Å². The highest BCUT2D eigenvalue weighted by Gasteiger charge is 2.19. The molecule has 23 heavy (non-hydrogen) atoms. The lowest BCUT2D eigenvalue weighted by Gasteiger charge is -2.27. The Morgan fingerprint density at radius 2 is 1.61 bits per heavy atom. The van der Waals surface area contributed by atoms with Gasteiger partial charge in [0.25, 0.3) is 0 Å². The fourth-order valence-corrected chi connectivity index (χ4v) is 2.51. The van der Waals surface area contributed by atoms with E-state index in [0.717, 1.165) is 28.4 Å². The predicted octanol–water partition coefficient (Wildman–Crippen LogP) is 2.77. The maximum atomic E-state index is 9.80. The van der Waals surface area contributed by atoms with E-state index in [1.807, 2.05) is 52.0 Å². The number of anilines is 5. The molecule has 2 aromatic rings. The van der Waals surface area contributed by atoms with Gasteiger partial charge >= 0.3 is 0 Å². The third-order valence-electron chi connectivity index (χ3n) is 3.59. The van der Waals surface area contributed by atoms with Crippen LogP contribution in [0.1, 0.15) is 12.6 Å². The molecule has 1 aromatic heterocycles. The summed E-state index contributed by atoms with van der Waals surface area (Å²) in [5, 5.41) is 19.4. The summed E-state index contributed by atoms with van der Waals surface area (Å²) < 4.78 is 0. The minimum atomic E-state index is -0.0326. The summed E-state index contributed by atoms with van der Waals surface area (Å²) in [6, 6.07) is 5.59. The molecular weight excluding hydrogens is 292 g/mol. The van der Waals surface area contributed by atoms with Gasteiger partial charge in [0.1, 0.15) is 0 Å². The van der Waals surface area contributed by atoms with Crippen LogP contribution in [0.4, 0.5) is 28.7 Å². The minimum absolute atomic E-state index is 0.0326. The lowest BCUT2D eigenvalue weighted by atomic mass is 10.1. The van der Waals surface area contributed by atoms with Gasteiger partial charge in [-0.2, -0.15) is 4.98 Å². The monoisotopic (exact) mass is 316 g/mol. The van der Waals surface area contributed by atoms with E-state index in [1.54, 1.807) is 6.07 Å². The Hall–Kier alpha value is -2.70. The molecule has 0 unspecified atom stereocenters. The highest BCUT2D eigenvalue weighted by atomic mass is 16.3. The molecule has 2 rings (SSSR count). The maximum absolute atomic E-state index is 9.80. The van der Waals surface area contributed by atoms with Crippen LogP contribution < -0.4 is 20.9 Å². The van der Waals surface area contributed by atoms with Crippen molar-refractivity contribution in [3.8, 4) is 5.88 Å². The Morgan fingerprint density at radius 1 is 1.00 bits per heavy atom. The predicted molar refractivity (Wildman–Crippen MR) is 96.2 cm³/mol. The summed E-state index contributed by atoms with van der Waals surface area (Å²) in [7, 11) is 5.63. The summed E-state index contributed by atoms with van der Waals surface area (Å²) in [5.41, 5.74) is 4.52. The van der Waals surface area contributed by atoms with Crippen molar-refractivity contribution in [3.05, 3.63) is 23.9 Å². The summed E-state index contributed by atoms with van der Waals surface area (Å²) in [6.07, 6.45) is 0. The molecule has 7 heteroatoms. The third-order valence-corrected chi connectivity index (χ3v) is 3.59. The van der Waals surface area contributed by atoms with Gasteiger partial charge in [-0.15, -0.1) is 0 Å². The number of aromatic hydroxyl groups is 1. The smallest absolute Gasteiger partial charge is 0.233 e. The fraction of sp³-hybridized carbons (Fsp3) is 0.375. The Balaban J connectivity index is 2.64. The molecule has 0 fully saturated rings. The van der Waals surface area contributed by atoms with Crippen molar-refractivity contribution in [2.24, 2.45) is 0 Å². The second-order valence-corrected chi connectivity index (χ2v) is 5.08. The van der Waals surface area contributed by atoms with Crippen LogP contribution in [0.5, 0.6) is 5.88 Å². The second-order valence-electron chi connectivity index (χ2n) is 5.08. The molecule has 0 radical (unpaired) electrons. The largest absolute Gasteiger partial charge is 0.493 e. The first-order valence-corrected chi connectivity index (χ1v) is 7.57. The van der Waals surface area contributed by atoms with Crippen LogP contribution >= 0.6 is 0 Å². The molecule has 1 aromatic carbocycles. The average molecular weight is 316 g/mol. The van der Waals surface area contributed by atoms with Gasteiger partial charge in [-0.05, 0) is 26.0 Å². The molecular formula is C16H24N6O. The first kappa shape index (κ1) is 16.7. The zero-order valence-corrected chi connectivity index (χ0v) is 14.2. The lowest BCUT2D eigenvalue weighted by Crippen LogP contribution is -2.21. The van der Waals surface area contributed by atoms with E-state index in [4.69, 9.17) is 0 Å². The number of aryl methyl sites for hydroxylation is 1. The molecule has 124 valence electrons. The highest BCUT2D eigenvalue weighted by molar-refractivity contribution is 5.89. The number of hydrogen-bond donors (Lipinski definition) is 4. The van der Waals surface area contributed by atoms with Crippen molar-refractivity contribution < 1.29 is 5.11 Å². The fourth-order valence-electron chi connectivity index (χ4n) is 2.51. The Kier molecular flexibility index (Phi) is 5.10. The third kappa shape index (κ3) is 3.39. The molecule has 0 spiro atoms. The molecule has 1 heterocycles. The number of nitrogens with one attached hydrogen (secondary N) is 3. The molecule has 0 amide bonds. The van der Waals surface area contributed by atoms with E-state index < -0.39 is 0 Å². The number of nitrogens with zero attached hydrogens (tertiary/aromatic N) is 3. The van der Waals surface area contributed by atoms with Crippen molar-refractivity contribution in [1.29, 1.82) is 0 Å². The number of hydrogen-bond acceptors (Lipinski definition) is 7. The second kappa shape index (κ2) is 7.04. The van der Waals surface area contributed by atoms with Gasteiger partial charge in [-0.25, -0.2) is 4.98 Å². The normalized spacial score (nSPS) is 10.3. The molecule has 0 aliphatic heterocycles. The lowest BCUT2D eigenvalue weighted by molar-refractivity contribution is 0.451. The molecule has 4 N–H and O–H groups in total. The van der Waals surface area contributed by atoms with Crippen molar-refractivity contribution in [3.63, 3.8) is 0 Å². The van der Waals surface area contributed by atoms with Gasteiger partial charge < -0.3 is 26.0 Å².